The summed E-state index contributed by atoms with van der Waals surface area (Å²) in [6.07, 6.45) is -8.00. The van der Waals surface area contributed by atoms with Gasteiger partial charge in [0.15, 0.2) is 17.6 Å². The smallest absolute Gasteiger partial charge is 0.420 e. The standard InChI is InChI=1S/C14H12F3NO4/c1-6(19)10-8-5-7(22-2)3-4-9(8)18-11(12(10)20)13(21)14(15,16)17/h3-5,13,20-21H,1-2H3. The maximum Gasteiger partial charge on any atom is 0.420 e. The SMILES string of the molecule is COc1ccc2nc(C(O)C(F)(F)F)c(O)c(C(C)=O)c2c1. The van der Waals surface area contributed by atoms with Crippen molar-refractivity contribution in [3.05, 3.63) is 29.5 Å². The van der Waals surface area contributed by atoms with Crippen molar-refractivity contribution in [1.29, 1.82) is 0 Å². The fourth-order valence-electron chi connectivity index (χ4n) is 2.08. The van der Waals surface area contributed by atoms with Gasteiger partial charge < -0.3 is 14.9 Å². The van der Waals surface area contributed by atoms with Gasteiger partial charge in [0, 0.05) is 5.39 Å². The van der Waals surface area contributed by atoms with Crippen LogP contribution in [0.5, 0.6) is 11.5 Å². The number of benzene rings is 1. The van der Waals surface area contributed by atoms with Crippen molar-refractivity contribution in [3.8, 4) is 11.5 Å². The van der Waals surface area contributed by atoms with E-state index in [4.69, 9.17) is 4.74 Å². The average Bonchev–Trinajstić information content (AvgIpc) is 2.43. The number of carbonyl (C=O) groups excluding carboxylic acids is 1. The van der Waals surface area contributed by atoms with E-state index < -0.39 is 29.5 Å². The third-order valence-electron chi connectivity index (χ3n) is 3.11. The molecule has 0 aliphatic carbocycles. The molecule has 0 radical (unpaired) electrons. The first-order chi connectivity index (χ1) is 10.2. The number of fused-ring (bicyclic) bond motifs is 1. The van der Waals surface area contributed by atoms with Crippen LogP contribution in [0.3, 0.4) is 0 Å². The Morgan fingerprint density at radius 3 is 2.50 bits per heavy atom. The van der Waals surface area contributed by atoms with Crippen LogP contribution in [0.25, 0.3) is 10.9 Å². The number of rotatable bonds is 3. The molecule has 1 unspecified atom stereocenters. The molecule has 0 aliphatic heterocycles. The Kier molecular flexibility index (Phi) is 3.97. The molecule has 1 atom stereocenters. The highest BCUT2D eigenvalue weighted by molar-refractivity contribution is 6.09. The summed E-state index contributed by atoms with van der Waals surface area (Å²) in [5, 5.41) is 19.4. The molecular weight excluding hydrogens is 303 g/mol. The van der Waals surface area contributed by atoms with E-state index in [1.165, 1.54) is 25.3 Å². The van der Waals surface area contributed by atoms with E-state index >= 15 is 0 Å². The number of hydrogen-bond acceptors (Lipinski definition) is 5. The van der Waals surface area contributed by atoms with Crippen LogP contribution in [0.1, 0.15) is 29.1 Å². The molecule has 0 bridgehead atoms. The number of carbonyl (C=O) groups is 1. The number of ketones is 1. The molecule has 0 amide bonds. The van der Waals surface area contributed by atoms with Crippen molar-refractivity contribution in [2.75, 3.05) is 7.11 Å². The normalized spacial score (nSPS) is 13.2. The lowest BCUT2D eigenvalue weighted by molar-refractivity contribution is -0.208. The van der Waals surface area contributed by atoms with Crippen LogP contribution in [0, 0.1) is 0 Å². The number of hydrogen-bond donors (Lipinski definition) is 2. The Hall–Kier alpha value is -2.35. The number of alkyl halides is 3. The van der Waals surface area contributed by atoms with Crippen molar-refractivity contribution in [2.24, 2.45) is 0 Å². The topological polar surface area (TPSA) is 79.7 Å². The minimum Gasteiger partial charge on any atom is -0.505 e. The number of pyridine rings is 1. The summed E-state index contributed by atoms with van der Waals surface area (Å²) in [5.41, 5.74) is -1.32. The molecule has 1 heterocycles. The lowest BCUT2D eigenvalue weighted by atomic mass is 10.0. The molecule has 2 N–H and O–H groups in total. The molecule has 2 rings (SSSR count). The molecule has 1 aromatic heterocycles. The first-order valence-electron chi connectivity index (χ1n) is 6.13. The number of methoxy groups -OCH3 is 1. The largest absolute Gasteiger partial charge is 0.505 e. The van der Waals surface area contributed by atoms with E-state index in [-0.39, 0.29) is 16.5 Å². The molecule has 0 aliphatic rings. The number of halogens is 3. The van der Waals surface area contributed by atoms with Crippen LogP contribution in [0.15, 0.2) is 18.2 Å². The van der Waals surface area contributed by atoms with Crippen LogP contribution in [0.4, 0.5) is 13.2 Å². The van der Waals surface area contributed by atoms with E-state index in [0.717, 1.165) is 6.92 Å². The van der Waals surface area contributed by atoms with Gasteiger partial charge in [0.2, 0.25) is 0 Å². The van der Waals surface area contributed by atoms with Crippen LogP contribution in [0.2, 0.25) is 0 Å². The molecule has 0 spiro atoms. The average molecular weight is 315 g/mol. The van der Waals surface area contributed by atoms with Crippen molar-refractivity contribution in [2.45, 2.75) is 19.2 Å². The molecule has 5 nitrogen and oxygen atoms in total. The molecule has 8 heteroatoms. The summed E-state index contributed by atoms with van der Waals surface area (Å²) in [7, 11) is 1.38. The van der Waals surface area contributed by atoms with E-state index in [1.807, 2.05) is 0 Å². The molecule has 0 saturated heterocycles. The molecule has 1 aromatic carbocycles. The molecular formula is C14H12F3NO4. The van der Waals surface area contributed by atoms with Crippen LogP contribution in [-0.4, -0.2) is 34.3 Å². The van der Waals surface area contributed by atoms with Gasteiger partial charge in [-0.3, -0.25) is 4.79 Å². The van der Waals surface area contributed by atoms with Gasteiger partial charge in [-0.25, -0.2) is 4.98 Å². The van der Waals surface area contributed by atoms with Gasteiger partial charge in [0.25, 0.3) is 0 Å². The quantitative estimate of drug-likeness (QED) is 0.851. The van der Waals surface area contributed by atoms with Gasteiger partial charge in [0.05, 0.1) is 18.2 Å². The Balaban J connectivity index is 2.82. The molecule has 0 fully saturated rings. The Bertz CT molecular complexity index is 743. The number of nitrogens with zero attached hydrogens (tertiary/aromatic N) is 1. The second kappa shape index (κ2) is 5.45. The van der Waals surface area contributed by atoms with Gasteiger partial charge in [-0.05, 0) is 25.1 Å². The zero-order valence-electron chi connectivity index (χ0n) is 11.6. The van der Waals surface area contributed by atoms with Crippen LogP contribution < -0.4 is 4.74 Å². The van der Waals surface area contributed by atoms with Gasteiger partial charge >= 0.3 is 6.18 Å². The highest BCUT2D eigenvalue weighted by atomic mass is 19.4. The first kappa shape index (κ1) is 16.0. The second-order valence-corrected chi connectivity index (χ2v) is 4.60. The minimum atomic E-state index is -5.02. The lowest BCUT2D eigenvalue weighted by Gasteiger charge is -2.18. The fourth-order valence-corrected chi connectivity index (χ4v) is 2.08. The van der Waals surface area contributed by atoms with Gasteiger partial charge in [-0.15, -0.1) is 0 Å². The van der Waals surface area contributed by atoms with Crippen molar-refractivity contribution in [1.82, 2.24) is 4.98 Å². The van der Waals surface area contributed by atoms with E-state index in [2.05, 4.69) is 4.98 Å². The van der Waals surface area contributed by atoms with Crippen molar-refractivity contribution < 1.29 is 32.9 Å². The number of aromatic nitrogens is 1. The number of aromatic hydroxyl groups is 1. The number of aliphatic hydroxyl groups is 1. The Labute approximate surface area is 123 Å². The third kappa shape index (κ3) is 2.69. The lowest BCUT2D eigenvalue weighted by Crippen LogP contribution is -2.22. The summed E-state index contributed by atoms with van der Waals surface area (Å²) < 4.78 is 43.0. The summed E-state index contributed by atoms with van der Waals surface area (Å²) in [6.45, 7) is 1.09. The summed E-state index contributed by atoms with van der Waals surface area (Å²) in [5.74, 6) is -1.30. The predicted molar refractivity (Wildman–Crippen MR) is 71.0 cm³/mol. The van der Waals surface area contributed by atoms with Gasteiger partial charge in [-0.1, -0.05) is 0 Å². The Morgan fingerprint density at radius 1 is 1.36 bits per heavy atom. The molecule has 118 valence electrons. The maximum atomic E-state index is 12.7. The number of Topliss-reactive ketones (excluding diaryl/α,β-unsaturated/α-hetero) is 1. The summed E-state index contributed by atoms with van der Waals surface area (Å²) in [4.78, 5) is 15.3. The summed E-state index contributed by atoms with van der Waals surface area (Å²) in [6, 6.07) is 4.16. The highest BCUT2D eigenvalue weighted by Gasteiger charge is 2.43. The molecule has 2 aromatic rings. The van der Waals surface area contributed by atoms with Gasteiger partial charge in [-0.2, -0.15) is 13.2 Å². The van der Waals surface area contributed by atoms with Crippen molar-refractivity contribution >= 4 is 16.7 Å². The second-order valence-electron chi connectivity index (χ2n) is 4.60. The Morgan fingerprint density at radius 2 is 2.00 bits per heavy atom. The molecule has 22 heavy (non-hydrogen) atoms. The van der Waals surface area contributed by atoms with Gasteiger partial charge in [0.1, 0.15) is 11.4 Å². The van der Waals surface area contributed by atoms with Crippen LogP contribution >= 0.6 is 0 Å². The number of ether oxygens (including phenoxy) is 1. The number of aliphatic hydroxyl groups excluding tert-OH is 1. The fraction of sp³-hybridized carbons (Fsp3) is 0.286. The van der Waals surface area contributed by atoms with E-state index in [0.29, 0.717) is 5.75 Å². The van der Waals surface area contributed by atoms with Crippen LogP contribution in [-0.2, 0) is 0 Å². The zero-order valence-corrected chi connectivity index (χ0v) is 11.6. The summed E-state index contributed by atoms with van der Waals surface area (Å²) >= 11 is 0. The van der Waals surface area contributed by atoms with E-state index in [1.54, 1.807) is 0 Å². The monoisotopic (exact) mass is 315 g/mol. The zero-order chi connectivity index (χ0) is 16.7. The predicted octanol–water partition coefficient (Wildman–Crippen LogP) is 2.75. The third-order valence-corrected chi connectivity index (χ3v) is 3.11. The molecule has 0 saturated carbocycles. The first-order valence-corrected chi connectivity index (χ1v) is 6.13. The van der Waals surface area contributed by atoms with E-state index in [9.17, 15) is 28.2 Å². The van der Waals surface area contributed by atoms with Crippen molar-refractivity contribution in [3.63, 3.8) is 0 Å². The maximum absolute atomic E-state index is 12.7. The highest BCUT2D eigenvalue weighted by Crippen LogP contribution is 2.40. The minimum absolute atomic E-state index is 0.0297.